The lowest BCUT2D eigenvalue weighted by molar-refractivity contribution is 0.669. The average molecular weight is 321 g/mol. The topological polar surface area (TPSA) is 46.0 Å². The van der Waals surface area contributed by atoms with Crippen molar-refractivity contribution in [2.75, 3.05) is 25.5 Å². The molecule has 0 aliphatic rings. The van der Waals surface area contributed by atoms with Gasteiger partial charge in [-0.2, -0.15) is 5.10 Å². The van der Waals surface area contributed by atoms with Gasteiger partial charge in [-0.25, -0.2) is 4.98 Å². The summed E-state index contributed by atoms with van der Waals surface area (Å²) < 4.78 is 1.98. The molecule has 2 rings (SSSR count). The van der Waals surface area contributed by atoms with Gasteiger partial charge in [-0.05, 0) is 12.8 Å². The Labute approximate surface area is 137 Å². The minimum absolute atomic E-state index is 0.429. The monoisotopic (exact) mass is 321 g/mol. The van der Waals surface area contributed by atoms with Gasteiger partial charge < -0.3 is 10.2 Å². The highest BCUT2D eigenvalue weighted by Crippen LogP contribution is 2.26. The standard InChI is InChI=1S/C16H27N5S/c1-11(2)15-14(16(20(4)5)21(6)19-15)9-17-8-7-13-10-22-12(3)18-13/h10-11,17H,7-9H2,1-6H3. The predicted octanol–water partition coefficient (Wildman–Crippen LogP) is 2.71. The fourth-order valence-electron chi connectivity index (χ4n) is 2.73. The van der Waals surface area contributed by atoms with E-state index in [9.17, 15) is 0 Å². The molecule has 0 amide bonds. The predicted molar refractivity (Wildman–Crippen MR) is 93.9 cm³/mol. The van der Waals surface area contributed by atoms with Crippen LogP contribution in [-0.2, 0) is 20.0 Å². The highest BCUT2D eigenvalue weighted by atomic mass is 32.1. The number of nitrogens with one attached hydrogen (secondary N) is 1. The number of aromatic nitrogens is 3. The third-order valence-corrected chi connectivity index (χ3v) is 4.46. The van der Waals surface area contributed by atoms with E-state index in [1.54, 1.807) is 11.3 Å². The minimum atomic E-state index is 0.429. The lowest BCUT2D eigenvalue weighted by Crippen LogP contribution is -2.21. The van der Waals surface area contributed by atoms with Crippen molar-refractivity contribution in [2.45, 2.75) is 39.7 Å². The van der Waals surface area contributed by atoms with Crippen LogP contribution in [0, 0.1) is 6.92 Å². The zero-order chi connectivity index (χ0) is 16.3. The van der Waals surface area contributed by atoms with Crippen molar-refractivity contribution in [1.29, 1.82) is 0 Å². The van der Waals surface area contributed by atoms with Crippen LogP contribution in [0.3, 0.4) is 0 Å². The Morgan fingerprint density at radius 2 is 2.09 bits per heavy atom. The van der Waals surface area contributed by atoms with Crippen molar-refractivity contribution < 1.29 is 0 Å². The normalized spacial score (nSPS) is 11.4. The molecule has 122 valence electrons. The summed E-state index contributed by atoms with van der Waals surface area (Å²) in [6, 6.07) is 0. The van der Waals surface area contributed by atoms with Gasteiger partial charge in [0.15, 0.2) is 0 Å². The first kappa shape index (κ1) is 17.0. The van der Waals surface area contributed by atoms with E-state index in [4.69, 9.17) is 5.10 Å². The number of hydrogen-bond donors (Lipinski definition) is 1. The first-order valence-electron chi connectivity index (χ1n) is 7.75. The van der Waals surface area contributed by atoms with Crippen LogP contribution < -0.4 is 10.2 Å². The van der Waals surface area contributed by atoms with Gasteiger partial charge in [-0.1, -0.05) is 13.8 Å². The van der Waals surface area contributed by atoms with E-state index in [1.165, 1.54) is 22.8 Å². The zero-order valence-electron chi connectivity index (χ0n) is 14.5. The Morgan fingerprint density at radius 3 is 2.64 bits per heavy atom. The SMILES string of the molecule is Cc1nc(CCNCc2c(C(C)C)nn(C)c2N(C)C)cs1. The van der Waals surface area contributed by atoms with Gasteiger partial charge in [0, 0.05) is 51.6 Å². The molecule has 0 radical (unpaired) electrons. The van der Waals surface area contributed by atoms with E-state index in [1.807, 2.05) is 11.7 Å². The number of nitrogens with zero attached hydrogens (tertiary/aromatic N) is 4. The van der Waals surface area contributed by atoms with E-state index in [2.05, 4.69) is 55.4 Å². The Hall–Kier alpha value is -1.40. The molecule has 0 fully saturated rings. The molecule has 6 heteroatoms. The molecule has 0 bridgehead atoms. The molecule has 2 aromatic rings. The molecule has 0 aromatic carbocycles. The zero-order valence-corrected chi connectivity index (χ0v) is 15.3. The summed E-state index contributed by atoms with van der Waals surface area (Å²) in [6.45, 7) is 8.22. The fourth-order valence-corrected chi connectivity index (χ4v) is 3.37. The maximum atomic E-state index is 4.70. The molecule has 2 aromatic heterocycles. The summed E-state index contributed by atoms with van der Waals surface area (Å²) in [7, 11) is 6.16. The van der Waals surface area contributed by atoms with E-state index in [-0.39, 0.29) is 0 Å². The van der Waals surface area contributed by atoms with Crippen LogP contribution in [0.25, 0.3) is 0 Å². The van der Waals surface area contributed by atoms with E-state index >= 15 is 0 Å². The minimum Gasteiger partial charge on any atom is -0.363 e. The molecule has 1 N–H and O–H groups in total. The lowest BCUT2D eigenvalue weighted by Gasteiger charge is -2.16. The second-order valence-corrected chi connectivity index (χ2v) is 7.21. The van der Waals surface area contributed by atoms with Crippen molar-refractivity contribution >= 4 is 17.2 Å². The molecular weight excluding hydrogens is 294 g/mol. The van der Waals surface area contributed by atoms with Crippen LogP contribution in [-0.4, -0.2) is 35.4 Å². The first-order valence-corrected chi connectivity index (χ1v) is 8.63. The second-order valence-electron chi connectivity index (χ2n) is 6.14. The largest absolute Gasteiger partial charge is 0.363 e. The fraction of sp³-hybridized carbons (Fsp3) is 0.625. The van der Waals surface area contributed by atoms with Crippen LogP contribution in [0.15, 0.2) is 5.38 Å². The molecule has 0 atom stereocenters. The first-order chi connectivity index (χ1) is 10.4. The van der Waals surface area contributed by atoms with Gasteiger partial charge in [-0.3, -0.25) is 4.68 Å². The Bertz CT molecular complexity index is 612. The smallest absolute Gasteiger partial charge is 0.130 e. The second kappa shape index (κ2) is 7.24. The van der Waals surface area contributed by atoms with Gasteiger partial charge in [0.2, 0.25) is 0 Å². The van der Waals surface area contributed by atoms with E-state index in [0.717, 1.165) is 24.5 Å². The number of rotatable bonds is 7. The lowest BCUT2D eigenvalue weighted by atomic mass is 10.1. The van der Waals surface area contributed by atoms with Crippen LogP contribution in [0.2, 0.25) is 0 Å². The third-order valence-electron chi connectivity index (χ3n) is 3.64. The van der Waals surface area contributed by atoms with Gasteiger partial charge in [0.1, 0.15) is 5.82 Å². The molecule has 0 unspecified atom stereocenters. The number of hydrogen-bond acceptors (Lipinski definition) is 5. The molecule has 0 saturated heterocycles. The Kier molecular flexibility index (Phi) is 5.58. The third kappa shape index (κ3) is 3.87. The summed E-state index contributed by atoms with van der Waals surface area (Å²) in [4.78, 5) is 6.64. The molecule has 0 aliphatic heterocycles. The summed E-state index contributed by atoms with van der Waals surface area (Å²) >= 11 is 1.72. The summed E-state index contributed by atoms with van der Waals surface area (Å²) in [6.07, 6.45) is 0.971. The van der Waals surface area contributed by atoms with Crippen LogP contribution in [0.5, 0.6) is 0 Å². The van der Waals surface area contributed by atoms with Crippen molar-refractivity contribution in [3.63, 3.8) is 0 Å². The van der Waals surface area contributed by atoms with Crippen LogP contribution >= 0.6 is 11.3 Å². The van der Waals surface area contributed by atoms with Gasteiger partial charge in [-0.15, -0.1) is 11.3 Å². The van der Waals surface area contributed by atoms with Gasteiger partial charge in [0.05, 0.1) is 16.4 Å². The maximum absolute atomic E-state index is 4.70. The Balaban J connectivity index is 2.01. The summed E-state index contributed by atoms with van der Waals surface area (Å²) in [5, 5.41) is 11.5. The molecule has 22 heavy (non-hydrogen) atoms. The molecule has 0 aliphatic carbocycles. The Morgan fingerprint density at radius 1 is 1.36 bits per heavy atom. The van der Waals surface area contributed by atoms with E-state index < -0.39 is 0 Å². The van der Waals surface area contributed by atoms with Gasteiger partial charge >= 0.3 is 0 Å². The molecule has 2 heterocycles. The highest BCUT2D eigenvalue weighted by molar-refractivity contribution is 7.09. The summed E-state index contributed by atoms with van der Waals surface area (Å²) in [5.74, 6) is 1.61. The van der Waals surface area contributed by atoms with Gasteiger partial charge in [0.25, 0.3) is 0 Å². The number of aryl methyl sites for hydroxylation is 2. The average Bonchev–Trinajstić information content (AvgIpc) is 2.98. The van der Waals surface area contributed by atoms with E-state index in [0.29, 0.717) is 5.92 Å². The maximum Gasteiger partial charge on any atom is 0.130 e. The molecule has 0 saturated carbocycles. The molecule has 5 nitrogen and oxygen atoms in total. The van der Waals surface area contributed by atoms with Crippen LogP contribution in [0.1, 0.15) is 41.7 Å². The molecular formula is C16H27N5S. The van der Waals surface area contributed by atoms with Crippen molar-refractivity contribution in [3.05, 3.63) is 27.3 Å². The number of thiazole rings is 1. The quantitative estimate of drug-likeness (QED) is 0.797. The van der Waals surface area contributed by atoms with Crippen LogP contribution in [0.4, 0.5) is 5.82 Å². The van der Waals surface area contributed by atoms with Crippen molar-refractivity contribution in [2.24, 2.45) is 7.05 Å². The van der Waals surface area contributed by atoms with Crippen molar-refractivity contribution in [1.82, 2.24) is 20.1 Å². The molecule has 0 spiro atoms. The van der Waals surface area contributed by atoms with Crippen molar-refractivity contribution in [3.8, 4) is 0 Å². The number of anilines is 1. The summed E-state index contributed by atoms with van der Waals surface area (Å²) in [5.41, 5.74) is 3.67. The highest BCUT2D eigenvalue weighted by Gasteiger charge is 2.19.